The summed E-state index contributed by atoms with van der Waals surface area (Å²) in [5.74, 6) is 1.40. The third kappa shape index (κ3) is 4.73. The van der Waals surface area contributed by atoms with Crippen LogP contribution in [0.3, 0.4) is 0 Å². The zero-order valence-electron chi connectivity index (χ0n) is 17.6. The van der Waals surface area contributed by atoms with Gasteiger partial charge in [0.05, 0.1) is 0 Å². The standard InChI is InChI=1S/C18H36N4O4S2/c1-15-9-16(2)12-21(11-15)27(23,24)19-5-7-20(8-6-19)28(25,26)22-13-17(3)10-18(4)14-22/h15-18H,5-14H2,1-4H3/t15-,16-,17-,18+/m1/s1. The van der Waals surface area contributed by atoms with Crippen LogP contribution in [0.1, 0.15) is 40.5 Å². The van der Waals surface area contributed by atoms with Gasteiger partial charge in [0.25, 0.3) is 20.4 Å². The first-order valence-corrected chi connectivity index (χ1v) is 13.3. The van der Waals surface area contributed by atoms with Gasteiger partial charge in [0.2, 0.25) is 0 Å². The molecule has 0 bridgehead atoms. The Hall–Kier alpha value is -0.260. The van der Waals surface area contributed by atoms with Crippen LogP contribution < -0.4 is 0 Å². The fourth-order valence-corrected chi connectivity index (χ4v) is 8.72. The Labute approximate surface area is 171 Å². The van der Waals surface area contributed by atoms with Crippen LogP contribution >= 0.6 is 0 Å². The number of piperazine rings is 1. The van der Waals surface area contributed by atoms with E-state index < -0.39 is 20.4 Å². The van der Waals surface area contributed by atoms with Crippen molar-refractivity contribution in [3.63, 3.8) is 0 Å². The molecular formula is C18H36N4O4S2. The third-order valence-electron chi connectivity index (χ3n) is 6.17. The maximum atomic E-state index is 13.0. The molecule has 0 aliphatic carbocycles. The molecule has 0 unspecified atom stereocenters. The van der Waals surface area contributed by atoms with Gasteiger partial charge >= 0.3 is 0 Å². The predicted molar refractivity (Wildman–Crippen MR) is 110 cm³/mol. The minimum Gasteiger partial charge on any atom is -0.195 e. The first-order chi connectivity index (χ1) is 13.0. The van der Waals surface area contributed by atoms with Gasteiger partial charge in [0.15, 0.2) is 0 Å². The number of hydrogen-bond donors (Lipinski definition) is 0. The fourth-order valence-electron chi connectivity index (χ4n) is 5.05. The Balaban J connectivity index is 1.63. The van der Waals surface area contributed by atoms with E-state index in [4.69, 9.17) is 0 Å². The van der Waals surface area contributed by atoms with E-state index in [1.165, 1.54) is 8.61 Å². The largest absolute Gasteiger partial charge is 0.282 e. The van der Waals surface area contributed by atoms with Gasteiger partial charge in [-0.3, -0.25) is 0 Å². The molecule has 8 nitrogen and oxygen atoms in total. The second-order valence-electron chi connectivity index (χ2n) is 9.34. The van der Waals surface area contributed by atoms with E-state index in [-0.39, 0.29) is 26.2 Å². The summed E-state index contributed by atoms with van der Waals surface area (Å²) < 4.78 is 58.3. The highest BCUT2D eigenvalue weighted by molar-refractivity contribution is 7.87. The van der Waals surface area contributed by atoms with Gasteiger partial charge in [-0.1, -0.05) is 27.7 Å². The van der Waals surface area contributed by atoms with Gasteiger partial charge in [-0.15, -0.1) is 0 Å². The molecular weight excluding hydrogens is 400 g/mol. The molecule has 3 heterocycles. The zero-order valence-corrected chi connectivity index (χ0v) is 19.3. The van der Waals surface area contributed by atoms with E-state index in [9.17, 15) is 16.8 Å². The molecule has 0 aromatic carbocycles. The van der Waals surface area contributed by atoms with Crippen molar-refractivity contribution in [1.82, 2.24) is 17.2 Å². The summed E-state index contributed by atoms with van der Waals surface area (Å²) >= 11 is 0. The number of rotatable bonds is 4. The summed E-state index contributed by atoms with van der Waals surface area (Å²) in [6.07, 6.45) is 2.09. The average Bonchev–Trinajstić information content (AvgIpc) is 2.60. The van der Waals surface area contributed by atoms with Crippen LogP contribution in [-0.2, 0) is 20.4 Å². The van der Waals surface area contributed by atoms with Crippen LogP contribution in [0, 0.1) is 23.7 Å². The highest BCUT2D eigenvalue weighted by Crippen LogP contribution is 2.27. The maximum Gasteiger partial charge on any atom is 0.282 e. The van der Waals surface area contributed by atoms with E-state index >= 15 is 0 Å². The minimum atomic E-state index is -3.53. The lowest BCUT2D eigenvalue weighted by Gasteiger charge is -2.42. The topological polar surface area (TPSA) is 81.2 Å². The molecule has 0 aromatic rings. The van der Waals surface area contributed by atoms with Crippen molar-refractivity contribution < 1.29 is 16.8 Å². The second kappa shape index (κ2) is 8.47. The van der Waals surface area contributed by atoms with Crippen molar-refractivity contribution >= 4 is 20.4 Å². The Kier molecular flexibility index (Phi) is 6.78. The van der Waals surface area contributed by atoms with E-state index in [1.54, 1.807) is 8.61 Å². The number of piperidine rings is 2. The number of hydrogen-bond acceptors (Lipinski definition) is 4. The Morgan fingerprint density at radius 3 is 1.00 bits per heavy atom. The molecule has 0 aromatic heterocycles. The molecule has 3 rings (SSSR count). The van der Waals surface area contributed by atoms with Crippen LogP contribution in [-0.4, -0.2) is 86.4 Å². The Bertz CT molecular complexity index is 666. The highest BCUT2D eigenvalue weighted by atomic mass is 32.2. The van der Waals surface area contributed by atoms with Crippen LogP contribution in [0.15, 0.2) is 0 Å². The molecule has 3 fully saturated rings. The van der Waals surface area contributed by atoms with E-state index in [0.29, 0.717) is 49.9 Å². The Morgan fingerprint density at radius 2 is 0.750 bits per heavy atom. The molecule has 3 saturated heterocycles. The lowest BCUT2D eigenvalue weighted by molar-refractivity contribution is 0.184. The third-order valence-corrected chi connectivity index (χ3v) is 10.1. The normalized spacial score (nSPS) is 35.9. The fraction of sp³-hybridized carbons (Fsp3) is 1.00. The Morgan fingerprint density at radius 1 is 0.500 bits per heavy atom. The van der Waals surface area contributed by atoms with Gasteiger partial charge < -0.3 is 0 Å². The summed E-state index contributed by atoms with van der Waals surface area (Å²) in [6, 6.07) is 0. The van der Waals surface area contributed by atoms with Crippen LogP contribution in [0.4, 0.5) is 0 Å². The van der Waals surface area contributed by atoms with Crippen LogP contribution in [0.2, 0.25) is 0 Å². The van der Waals surface area contributed by atoms with Crippen molar-refractivity contribution in [1.29, 1.82) is 0 Å². The zero-order chi connectivity index (χ0) is 20.7. The maximum absolute atomic E-state index is 13.0. The summed E-state index contributed by atoms with van der Waals surface area (Å²) in [5.41, 5.74) is 0. The van der Waals surface area contributed by atoms with Gasteiger partial charge in [-0.05, 0) is 36.5 Å². The van der Waals surface area contributed by atoms with Gasteiger partial charge in [-0.2, -0.15) is 34.1 Å². The molecule has 10 heteroatoms. The molecule has 4 atom stereocenters. The quantitative estimate of drug-likeness (QED) is 0.660. The summed E-state index contributed by atoms with van der Waals surface area (Å²) in [6.45, 7) is 11.4. The summed E-state index contributed by atoms with van der Waals surface area (Å²) in [4.78, 5) is 0. The van der Waals surface area contributed by atoms with Crippen molar-refractivity contribution in [2.24, 2.45) is 23.7 Å². The van der Waals surface area contributed by atoms with Crippen molar-refractivity contribution in [2.75, 3.05) is 52.4 Å². The molecule has 3 aliphatic rings. The molecule has 0 saturated carbocycles. The molecule has 0 amide bonds. The van der Waals surface area contributed by atoms with E-state index in [0.717, 1.165) is 12.8 Å². The molecule has 28 heavy (non-hydrogen) atoms. The molecule has 0 radical (unpaired) electrons. The van der Waals surface area contributed by atoms with Gasteiger partial charge in [0.1, 0.15) is 0 Å². The first kappa shape index (κ1) is 22.4. The van der Waals surface area contributed by atoms with Crippen LogP contribution in [0.25, 0.3) is 0 Å². The summed E-state index contributed by atoms with van der Waals surface area (Å²) in [7, 11) is -7.06. The molecule has 0 N–H and O–H groups in total. The first-order valence-electron chi connectivity index (χ1n) is 10.5. The lowest BCUT2D eigenvalue weighted by atomic mass is 9.94. The van der Waals surface area contributed by atoms with Crippen molar-refractivity contribution in [2.45, 2.75) is 40.5 Å². The molecule has 164 valence electrons. The monoisotopic (exact) mass is 436 g/mol. The van der Waals surface area contributed by atoms with Crippen molar-refractivity contribution in [3.05, 3.63) is 0 Å². The van der Waals surface area contributed by atoms with E-state index in [2.05, 4.69) is 27.7 Å². The summed E-state index contributed by atoms with van der Waals surface area (Å²) in [5, 5.41) is 0. The van der Waals surface area contributed by atoms with Gasteiger partial charge in [0, 0.05) is 52.4 Å². The predicted octanol–water partition coefficient (Wildman–Crippen LogP) is 1.05. The molecule has 3 aliphatic heterocycles. The lowest BCUT2D eigenvalue weighted by Crippen LogP contribution is -2.58. The highest BCUT2D eigenvalue weighted by Gasteiger charge is 2.40. The SMILES string of the molecule is C[C@@H]1C[C@@H](C)CN(S(=O)(=O)N2CCN(S(=O)(=O)N3C[C@H](C)C[C@H](C)C3)CC2)C1. The average molecular weight is 437 g/mol. The molecule has 0 spiro atoms. The van der Waals surface area contributed by atoms with Crippen LogP contribution in [0.5, 0.6) is 0 Å². The smallest absolute Gasteiger partial charge is 0.195 e. The van der Waals surface area contributed by atoms with E-state index in [1.807, 2.05) is 0 Å². The number of nitrogens with zero attached hydrogens (tertiary/aromatic N) is 4. The minimum absolute atomic E-state index is 0.222. The van der Waals surface area contributed by atoms with Gasteiger partial charge in [-0.25, -0.2) is 0 Å². The second-order valence-corrected chi connectivity index (χ2v) is 13.2. The van der Waals surface area contributed by atoms with Crippen molar-refractivity contribution in [3.8, 4) is 0 Å².